The Balaban J connectivity index is 1.66. The Morgan fingerprint density at radius 3 is 2.56 bits per heavy atom. The number of carbonyl (C=O) groups is 1. The number of aliphatic hydroxyl groups excluding tert-OH is 1. The normalized spacial score (nSPS) is 12.4. The van der Waals surface area contributed by atoms with Gasteiger partial charge in [-0.2, -0.15) is 13.2 Å². The van der Waals surface area contributed by atoms with E-state index in [1.54, 1.807) is 26.0 Å². The Labute approximate surface area is 192 Å². The van der Waals surface area contributed by atoms with Gasteiger partial charge in [0.1, 0.15) is 17.3 Å². The molecule has 1 aromatic carbocycles. The minimum atomic E-state index is -4.48. The van der Waals surface area contributed by atoms with Gasteiger partial charge in [-0.25, -0.2) is 4.39 Å². The second kappa shape index (κ2) is 10.6. The maximum Gasteiger partial charge on any atom is 0.422 e. The first-order valence-corrected chi connectivity index (χ1v) is 10.3. The number of halogens is 4. The summed E-state index contributed by atoms with van der Waals surface area (Å²) in [5.41, 5.74) is 2.19. The van der Waals surface area contributed by atoms with Crippen LogP contribution in [0.1, 0.15) is 35.2 Å². The first-order chi connectivity index (χ1) is 16.1. The van der Waals surface area contributed by atoms with Gasteiger partial charge in [-0.3, -0.25) is 9.78 Å². The molecule has 1 unspecified atom stereocenters. The molecule has 11 heteroatoms. The van der Waals surface area contributed by atoms with Gasteiger partial charge in [-0.05, 0) is 44.0 Å². The summed E-state index contributed by atoms with van der Waals surface area (Å²) in [5.74, 6) is -0.565. The molecular weight excluding hydrogens is 458 g/mol. The molecule has 2 heterocycles. The summed E-state index contributed by atoms with van der Waals surface area (Å²) in [7, 11) is 0. The number of nitrogens with zero attached hydrogens (tertiary/aromatic N) is 2. The third kappa shape index (κ3) is 6.53. The second-order valence-corrected chi connectivity index (χ2v) is 7.65. The smallest absolute Gasteiger partial charge is 0.422 e. The van der Waals surface area contributed by atoms with E-state index >= 15 is 0 Å². The van der Waals surface area contributed by atoms with E-state index in [4.69, 9.17) is 4.52 Å². The number of hydrogen-bond acceptors (Lipinski definition) is 6. The van der Waals surface area contributed by atoms with Crippen LogP contribution >= 0.6 is 0 Å². The molecule has 0 bridgehead atoms. The molecule has 182 valence electrons. The molecule has 0 aliphatic carbocycles. The van der Waals surface area contributed by atoms with E-state index in [0.29, 0.717) is 33.8 Å². The van der Waals surface area contributed by atoms with E-state index < -0.39 is 30.5 Å². The zero-order chi connectivity index (χ0) is 24.9. The van der Waals surface area contributed by atoms with E-state index in [1.165, 1.54) is 18.2 Å². The van der Waals surface area contributed by atoms with Gasteiger partial charge in [0.2, 0.25) is 5.91 Å². The van der Waals surface area contributed by atoms with Crippen LogP contribution in [0, 0.1) is 19.7 Å². The third-order valence-corrected chi connectivity index (χ3v) is 4.97. The highest BCUT2D eigenvalue weighted by molar-refractivity contribution is 5.79. The Kier molecular flexibility index (Phi) is 7.87. The lowest BCUT2D eigenvalue weighted by molar-refractivity contribution is -0.153. The van der Waals surface area contributed by atoms with Gasteiger partial charge in [-0.1, -0.05) is 17.3 Å². The topological polar surface area (TPSA) is 97.5 Å². The predicted octanol–water partition coefficient (Wildman–Crippen LogP) is 4.22. The number of aromatic nitrogens is 2. The number of hydrogen-bond donors (Lipinski definition) is 2. The molecule has 3 rings (SSSR count). The van der Waals surface area contributed by atoms with Crippen LogP contribution in [-0.4, -0.2) is 40.5 Å². The molecule has 1 amide bonds. The molecule has 1 atom stereocenters. The molecule has 34 heavy (non-hydrogen) atoms. The summed E-state index contributed by atoms with van der Waals surface area (Å²) < 4.78 is 61.2. The standard InChI is InChI=1S/C23H23F4N3O4/c1-13-22(14(2)34-30-13)17-5-3-15(9-18(17)24)10-21(32)29-20(7-8-31)19-6-4-16(11-28-19)33-12-23(25,26)27/h3-6,9,11,20,31H,7-8,10,12H2,1-2H3,(H,29,32). The number of aryl methyl sites for hydroxylation is 2. The largest absolute Gasteiger partial charge is 0.483 e. The molecule has 0 aliphatic rings. The van der Waals surface area contributed by atoms with Crippen LogP contribution in [0.4, 0.5) is 17.6 Å². The molecular formula is C23H23F4N3O4. The fourth-order valence-corrected chi connectivity index (χ4v) is 3.44. The molecule has 0 radical (unpaired) electrons. The molecule has 0 spiro atoms. The Morgan fingerprint density at radius 2 is 2.00 bits per heavy atom. The lowest BCUT2D eigenvalue weighted by atomic mass is 10.0. The van der Waals surface area contributed by atoms with Gasteiger partial charge in [0.05, 0.1) is 35.6 Å². The highest BCUT2D eigenvalue weighted by atomic mass is 19.4. The van der Waals surface area contributed by atoms with Crippen molar-refractivity contribution in [2.75, 3.05) is 13.2 Å². The minimum absolute atomic E-state index is 0.0796. The molecule has 2 aromatic heterocycles. The number of alkyl halides is 3. The van der Waals surface area contributed by atoms with Gasteiger partial charge >= 0.3 is 6.18 Å². The van der Waals surface area contributed by atoms with Crippen LogP contribution in [0.2, 0.25) is 0 Å². The molecule has 7 nitrogen and oxygen atoms in total. The molecule has 0 saturated heterocycles. The monoisotopic (exact) mass is 481 g/mol. The van der Waals surface area contributed by atoms with E-state index in [2.05, 4.69) is 20.2 Å². The highest BCUT2D eigenvalue weighted by Crippen LogP contribution is 2.30. The van der Waals surface area contributed by atoms with Crippen LogP contribution < -0.4 is 10.1 Å². The summed E-state index contributed by atoms with van der Waals surface area (Å²) >= 11 is 0. The molecule has 0 saturated carbocycles. The SMILES string of the molecule is Cc1noc(C)c1-c1ccc(CC(=O)NC(CCO)c2ccc(OCC(F)(F)F)cn2)cc1F. The Morgan fingerprint density at radius 1 is 1.24 bits per heavy atom. The average molecular weight is 481 g/mol. The zero-order valence-corrected chi connectivity index (χ0v) is 18.4. The number of rotatable bonds is 9. The average Bonchev–Trinajstić information content (AvgIpc) is 3.10. The number of carbonyl (C=O) groups excluding carboxylic acids is 1. The third-order valence-electron chi connectivity index (χ3n) is 4.97. The van der Waals surface area contributed by atoms with E-state index in [0.717, 1.165) is 6.20 Å². The van der Waals surface area contributed by atoms with Gasteiger partial charge in [0, 0.05) is 12.2 Å². The summed E-state index contributed by atoms with van der Waals surface area (Å²) in [5, 5.41) is 15.9. The van der Waals surface area contributed by atoms with Crippen molar-refractivity contribution in [3.05, 3.63) is 65.1 Å². The first kappa shape index (κ1) is 25.2. The molecule has 3 aromatic rings. The maximum atomic E-state index is 14.7. The number of benzene rings is 1. The zero-order valence-electron chi connectivity index (χ0n) is 18.4. The second-order valence-electron chi connectivity index (χ2n) is 7.65. The maximum absolute atomic E-state index is 14.7. The Hall–Kier alpha value is -3.47. The minimum Gasteiger partial charge on any atom is -0.483 e. The molecule has 0 fully saturated rings. The van der Waals surface area contributed by atoms with Crippen molar-refractivity contribution in [1.82, 2.24) is 15.5 Å². The van der Waals surface area contributed by atoms with Crippen molar-refractivity contribution in [2.24, 2.45) is 0 Å². The molecule has 2 N–H and O–H groups in total. The lowest BCUT2D eigenvalue weighted by Gasteiger charge is -2.18. The summed E-state index contributed by atoms with van der Waals surface area (Å²) in [6, 6.07) is 6.44. The van der Waals surface area contributed by atoms with Crippen molar-refractivity contribution >= 4 is 5.91 Å². The van der Waals surface area contributed by atoms with E-state index in [-0.39, 0.29) is 25.2 Å². The van der Waals surface area contributed by atoms with Crippen LogP contribution in [0.25, 0.3) is 11.1 Å². The van der Waals surface area contributed by atoms with Crippen LogP contribution in [0.5, 0.6) is 5.75 Å². The lowest BCUT2D eigenvalue weighted by Crippen LogP contribution is -2.31. The van der Waals surface area contributed by atoms with Crippen LogP contribution in [0.3, 0.4) is 0 Å². The van der Waals surface area contributed by atoms with Crippen molar-refractivity contribution < 1.29 is 36.7 Å². The Bertz CT molecular complexity index is 1110. The van der Waals surface area contributed by atoms with Crippen molar-refractivity contribution in [3.8, 4) is 16.9 Å². The van der Waals surface area contributed by atoms with Crippen molar-refractivity contribution in [2.45, 2.75) is 38.9 Å². The quantitative estimate of drug-likeness (QED) is 0.445. The van der Waals surface area contributed by atoms with Gasteiger partial charge < -0.3 is 19.7 Å². The van der Waals surface area contributed by atoms with Crippen molar-refractivity contribution in [1.29, 1.82) is 0 Å². The van der Waals surface area contributed by atoms with Crippen LogP contribution in [-0.2, 0) is 11.2 Å². The van der Waals surface area contributed by atoms with E-state index in [9.17, 15) is 27.5 Å². The number of pyridine rings is 1. The number of amides is 1. The summed E-state index contributed by atoms with van der Waals surface area (Å²) in [6.07, 6.45) is -3.37. The number of aliphatic hydroxyl groups is 1. The predicted molar refractivity (Wildman–Crippen MR) is 113 cm³/mol. The van der Waals surface area contributed by atoms with Gasteiger partial charge in [0.25, 0.3) is 0 Å². The van der Waals surface area contributed by atoms with E-state index in [1.807, 2.05) is 0 Å². The summed E-state index contributed by atoms with van der Waals surface area (Å²) in [4.78, 5) is 16.6. The molecule has 0 aliphatic heterocycles. The highest BCUT2D eigenvalue weighted by Gasteiger charge is 2.28. The first-order valence-electron chi connectivity index (χ1n) is 10.3. The fraction of sp³-hybridized carbons (Fsp3) is 0.348. The van der Waals surface area contributed by atoms with Gasteiger partial charge in [0.15, 0.2) is 6.61 Å². The van der Waals surface area contributed by atoms with Crippen LogP contribution in [0.15, 0.2) is 41.1 Å². The number of ether oxygens (including phenoxy) is 1. The fourth-order valence-electron chi connectivity index (χ4n) is 3.44. The summed E-state index contributed by atoms with van der Waals surface area (Å²) in [6.45, 7) is 1.67. The van der Waals surface area contributed by atoms with Crippen molar-refractivity contribution in [3.63, 3.8) is 0 Å². The van der Waals surface area contributed by atoms with Gasteiger partial charge in [-0.15, -0.1) is 0 Å². The number of nitrogens with one attached hydrogen (secondary N) is 1.